The van der Waals surface area contributed by atoms with Crippen molar-refractivity contribution in [1.29, 1.82) is 0 Å². The summed E-state index contributed by atoms with van der Waals surface area (Å²) < 4.78 is 5.57. The zero-order valence-electron chi connectivity index (χ0n) is 9.72. The average Bonchev–Trinajstić information content (AvgIpc) is 3.09. The topological polar surface area (TPSA) is 79.4 Å². The van der Waals surface area contributed by atoms with Crippen molar-refractivity contribution in [2.24, 2.45) is 0 Å². The van der Waals surface area contributed by atoms with Crippen LogP contribution in [0.3, 0.4) is 0 Å². The van der Waals surface area contributed by atoms with Gasteiger partial charge < -0.3 is 14.5 Å². The Hall–Kier alpha value is -1.96. The van der Waals surface area contributed by atoms with Crippen LogP contribution in [0, 0.1) is 0 Å². The van der Waals surface area contributed by atoms with Gasteiger partial charge >= 0.3 is 7.12 Å². The summed E-state index contributed by atoms with van der Waals surface area (Å²) in [5.74, 6) is 0.811. The average molecular weight is 272 g/mol. The Labute approximate surface area is 113 Å². The molecular weight excluding hydrogens is 263 g/mol. The summed E-state index contributed by atoms with van der Waals surface area (Å²) in [5.41, 5.74) is 1.26. The lowest BCUT2D eigenvalue weighted by Crippen LogP contribution is -2.27. The van der Waals surface area contributed by atoms with Crippen LogP contribution in [0.5, 0.6) is 0 Å². The van der Waals surface area contributed by atoms with Gasteiger partial charge in [-0.1, -0.05) is 18.2 Å². The predicted octanol–water partition coefficient (Wildman–Crippen LogP) is 1.14. The van der Waals surface area contributed by atoms with Gasteiger partial charge in [0.25, 0.3) is 5.89 Å². The molecule has 0 fully saturated rings. The Morgan fingerprint density at radius 3 is 2.47 bits per heavy atom. The summed E-state index contributed by atoms with van der Waals surface area (Å²) in [5, 5.41) is 27.7. The van der Waals surface area contributed by atoms with E-state index in [9.17, 15) is 0 Å². The first-order chi connectivity index (χ1) is 9.24. The van der Waals surface area contributed by atoms with Crippen molar-refractivity contribution >= 4 is 23.9 Å². The Morgan fingerprint density at radius 1 is 1.05 bits per heavy atom. The van der Waals surface area contributed by atoms with Crippen molar-refractivity contribution in [3.8, 4) is 22.2 Å². The quantitative estimate of drug-likeness (QED) is 0.699. The minimum absolute atomic E-state index is 0.371. The molecule has 0 spiro atoms. The number of benzene rings is 1. The first-order valence-electron chi connectivity index (χ1n) is 5.58. The fraction of sp³-hybridized carbons (Fsp3) is 0. The molecule has 1 aromatic carbocycles. The standard InChI is InChI=1S/C12H9BN2O3S/c16-13(17)9-6-10(19-7-9)12-15-14-11(18-12)8-4-2-1-3-5-8/h1-7,16-17H. The van der Waals surface area contributed by atoms with Crippen LogP contribution in [-0.2, 0) is 0 Å². The van der Waals surface area contributed by atoms with Gasteiger partial charge in [-0.3, -0.25) is 0 Å². The maximum Gasteiger partial charge on any atom is 0.489 e. The van der Waals surface area contributed by atoms with E-state index in [4.69, 9.17) is 14.5 Å². The van der Waals surface area contributed by atoms with Crippen molar-refractivity contribution in [2.45, 2.75) is 0 Å². The highest BCUT2D eigenvalue weighted by Crippen LogP contribution is 2.26. The van der Waals surface area contributed by atoms with Crippen molar-refractivity contribution in [3.63, 3.8) is 0 Å². The minimum Gasteiger partial charge on any atom is -0.423 e. The van der Waals surface area contributed by atoms with Gasteiger partial charge in [0.1, 0.15) is 0 Å². The van der Waals surface area contributed by atoms with Gasteiger partial charge in [0.2, 0.25) is 5.89 Å². The van der Waals surface area contributed by atoms with Crippen LogP contribution in [0.4, 0.5) is 0 Å². The van der Waals surface area contributed by atoms with Gasteiger partial charge in [0, 0.05) is 5.56 Å². The maximum atomic E-state index is 9.06. The maximum absolute atomic E-state index is 9.06. The third-order valence-electron chi connectivity index (χ3n) is 2.57. The molecule has 2 heterocycles. The zero-order valence-corrected chi connectivity index (χ0v) is 10.5. The summed E-state index contributed by atoms with van der Waals surface area (Å²) in [6, 6.07) is 11.1. The van der Waals surface area contributed by atoms with Crippen LogP contribution in [0.15, 0.2) is 46.2 Å². The second-order valence-corrected chi connectivity index (χ2v) is 4.81. The molecule has 0 amide bonds. The van der Waals surface area contributed by atoms with Gasteiger partial charge in [0.15, 0.2) is 0 Å². The number of hydrogen-bond acceptors (Lipinski definition) is 6. The van der Waals surface area contributed by atoms with Gasteiger partial charge in [-0.2, -0.15) is 0 Å². The molecule has 19 heavy (non-hydrogen) atoms. The first kappa shape index (κ1) is 12.1. The fourth-order valence-electron chi connectivity index (χ4n) is 1.62. The van der Waals surface area contributed by atoms with Crippen LogP contribution >= 0.6 is 11.3 Å². The minimum atomic E-state index is -1.48. The third kappa shape index (κ3) is 2.44. The second-order valence-electron chi connectivity index (χ2n) is 3.90. The van der Waals surface area contributed by atoms with E-state index in [2.05, 4.69) is 10.2 Å². The molecule has 2 aromatic heterocycles. The third-order valence-corrected chi connectivity index (χ3v) is 3.51. The molecule has 3 aromatic rings. The monoisotopic (exact) mass is 272 g/mol. The molecule has 0 radical (unpaired) electrons. The summed E-state index contributed by atoms with van der Waals surface area (Å²) in [6.45, 7) is 0. The number of hydrogen-bond donors (Lipinski definition) is 2. The zero-order chi connectivity index (χ0) is 13.2. The molecule has 0 unspecified atom stereocenters. The van der Waals surface area contributed by atoms with Crippen LogP contribution in [-0.4, -0.2) is 27.4 Å². The van der Waals surface area contributed by atoms with Crippen molar-refractivity contribution in [1.82, 2.24) is 10.2 Å². The molecular formula is C12H9BN2O3S. The van der Waals surface area contributed by atoms with Gasteiger partial charge in [-0.05, 0) is 29.0 Å². The highest BCUT2D eigenvalue weighted by atomic mass is 32.1. The first-order valence-corrected chi connectivity index (χ1v) is 6.46. The largest absolute Gasteiger partial charge is 0.489 e. The van der Waals surface area contributed by atoms with Gasteiger partial charge in [-0.15, -0.1) is 21.5 Å². The summed E-state index contributed by atoms with van der Waals surface area (Å²) in [6.07, 6.45) is 0. The lowest BCUT2D eigenvalue weighted by Gasteiger charge is -1.92. The highest BCUT2D eigenvalue weighted by Gasteiger charge is 2.17. The van der Waals surface area contributed by atoms with Gasteiger partial charge in [0.05, 0.1) is 4.88 Å². The predicted molar refractivity (Wildman–Crippen MR) is 72.9 cm³/mol. The summed E-state index contributed by atoms with van der Waals surface area (Å²) in [7, 11) is -1.48. The van der Waals surface area contributed by atoms with Crippen LogP contribution in [0.1, 0.15) is 0 Å². The molecule has 3 rings (SSSR count). The summed E-state index contributed by atoms with van der Waals surface area (Å²) in [4.78, 5) is 0.706. The van der Waals surface area contributed by atoms with E-state index in [1.54, 1.807) is 11.4 Å². The molecule has 7 heteroatoms. The van der Waals surface area contributed by atoms with Crippen LogP contribution in [0.25, 0.3) is 22.2 Å². The van der Waals surface area contributed by atoms with E-state index in [0.717, 1.165) is 5.56 Å². The Bertz CT molecular complexity index is 681. The molecule has 0 bridgehead atoms. The van der Waals surface area contributed by atoms with Crippen LogP contribution < -0.4 is 5.46 Å². The Kier molecular flexibility index (Phi) is 3.16. The molecule has 0 aliphatic heterocycles. The number of thiophene rings is 1. The van der Waals surface area contributed by atoms with E-state index < -0.39 is 7.12 Å². The number of rotatable bonds is 3. The molecule has 0 saturated heterocycles. The van der Waals surface area contributed by atoms with E-state index in [0.29, 0.717) is 22.1 Å². The SMILES string of the molecule is OB(O)c1csc(-c2nnc(-c3ccccc3)o2)c1. The van der Waals surface area contributed by atoms with E-state index in [1.807, 2.05) is 30.3 Å². The second kappa shape index (κ2) is 4.97. The molecule has 2 N–H and O–H groups in total. The van der Waals surface area contributed by atoms with E-state index in [-0.39, 0.29) is 0 Å². The van der Waals surface area contributed by atoms with Crippen molar-refractivity contribution in [2.75, 3.05) is 0 Å². The van der Waals surface area contributed by atoms with E-state index in [1.165, 1.54) is 11.3 Å². The van der Waals surface area contributed by atoms with Gasteiger partial charge in [-0.25, -0.2) is 0 Å². The molecule has 0 aliphatic rings. The van der Waals surface area contributed by atoms with Crippen LogP contribution in [0.2, 0.25) is 0 Å². The molecule has 0 aliphatic carbocycles. The molecule has 0 atom stereocenters. The number of nitrogens with zero attached hydrogens (tertiary/aromatic N) is 2. The lowest BCUT2D eigenvalue weighted by atomic mass is 9.83. The van der Waals surface area contributed by atoms with Crippen molar-refractivity contribution in [3.05, 3.63) is 41.8 Å². The Balaban J connectivity index is 1.92. The Morgan fingerprint density at radius 2 is 1.79 bits per heavy atom. The summed E-state index contributed by atoms with van der Waals surface area (Å²) >= 11 is 1.32. The molecule has 5 nitrogen and oxygen atoms in total. The molecule has 94 valence electrons. The highest BCUT2D eigenvalue weighted by molar-refractivity contribution is 7.14. The van der Waals surface area contributed by atoms with E-state index >= 15 is 0 Å². The normalized spacial score (nSPS) is 10.6. The van der Waals surface area contributed by atoms with Crippen molar-refractivity contribution < 1.29 is 14.5 Å². The lowest BCUT2D eigenvalue weighted by molar-refractivity contribution is 0.426. The molecule has 0 saturated carbocycles. The number of aromatic nitrogens is 2. The fourth-order valence-corrected chi connectivity index (χ4v) is 2.46. The smallest absolute Gasteiger partial charge is 0.423 e.